The van der Waals surface area contributed by atoms with E-state index in [1.807, 2.05) is 17.0 Å². The number of hydrogen-bond acceptors (Lipinski definition) is 4. The van der Waals surface area contributed by atoms with Crippen molar-refractivity contribution in [3.05, 3.63) is 59.7 Å². The Morgan fingerprint density at radius 2 is 1.73 bits per heavy atom. The second kappa shape index (κ2) is 8.78. The lowest BCUT2D eigenvalue weighted by molar-refractivity contribution is -0.120. The predicted molar refractivity (Wildman–Crippen MR) is 122 cm³/mol. The van der Waals surface area contributed by atoms with E-state index in [0.29, 0.717) is 0 Å². The largest absolute Gasteiger partial charge is 0.374 e. The lowest BCUT2D eigenvalue weighted by Gasteiger charge is -2.31. The maximum Gasteiger partial charge on any atom is 0.230 e. The van der Waals surface area contributed by atoms with Crippen molar-refractivity contribution in [3.8, 4) is 0 Å². The first-order valence-electron chi connectivity index (χ1n) is 11.0. The molecule has 2 aliphatic rings. The van der Waals surface area contributed by atoms with Crippen molar-refractivity contribution in [2.75, 3.05) is 49.6 Å². The molecule has 160 valence electrons. The van der Waals surface area contributed by atoms with E-state index in [-0.39, 0.29) is 17.4 Å². The van der Waals surface area contributed by atoms with E-state index in [9.17, 15) is 4.79 Å². The Morgan fingerprint density at radius 3 is 2.43 bits per heavy atom. The van der Waals surface area contributed by atoms with Crippen molar-refractivity contribution in [1.29, 1.82) is 0 Å². The molecule has 2 fully saturated rings. The summed E-state index contributed by atoms with van der Waals surface area (Å²) >= 11 is 0. The molecule has 1 N–H and O–H groups in total. The van der Waals surface area contributed by atoms with Gasteiger partial charge in [0, 0.05) is 57.1 Å². The maximum absolute atomic E-state index is 13.2. The van der Waals surface area contributed by atoms with Gasteiger partial charge in [-0.2, -0.15) is 0 Å². The van der Waals surface area contributed by atoms with E-state index in [1.165, 1.54) is 11.3 Å². The quantitative estimate of drug-likeness (QED) is 0.795. The second-order valence-electron chi connectivity index (χ2n) is 8.81. The SMILES string of the molecule is COC(C)(C)c1ccc(N2CCC(Cc3ccccc3N3CCNCC3)C2=O)cc1. The van der Waals surface area contributed by atoms with Crippen LogP contribution in [0.1, 0.15) is 31.4 Å². The molecule has 1 atom stereocenters. The lowest BCUT2D eigenvalue weighted by Crippen LogP contribution is -2.44. The number of anilines is 2. The zero-order valence-corrected chi connectivity index (χ0v) is 18.4. The molecule has 4 rings (SSSR count). The number of benzene rings is 2. The van der Waals surface area contributed by atoms with E-state index in [0.717, 1.165) is 56.8 Å². The summed E-state index contributed by atoms with van der Waals surface area (Å²) in [5.41, 5.74) is 4.34. The van der Waals surface area contributed by atoms with Crippen LogP contribution in [0.5, 0.6) is 0 Å². The normalized spacial score (nSPS) is 20.1. The van der Waals surface area contributed by atoms with Gasteiger partial charge in [0.25, 0.3) is 0 Å². The third-order valence-electron chi connectivity index (χ3n) is 6.62. The van der Waals surface area contributed by atoms with Crippen LogP contribution in [0.2, 0.25) is 0 Å². The van der Waals surface area contributed by atoms with Gasteiger partial charge in [-0.3, -0.25) is 4.79 Å². The highest BCUT2D eigenvalue weighted by Gasteiger charge is 2.33. The Morgan fingerprint density at radius 1 is 1.03 bits per heavy atom. The highest BCUT2D eigenvalue weighted by atomic mass is 16.5. The molecule has 2 aromatic carbocycles. The zero-order valence-electron chi connectivity index (χ0n) is 18.4. The van der Waals surface area contributed by atoms with Gasteiger partial charge in [0.15, 0.2) is 0 Å². The molecule has 5 heteroatoms. The highest BCUT2D eigenvalue weighted by Crippen LogP contribution is 2.32. The van der Waals surface area contributed by atoms with Gasteiger partial charge in [0.2, 0.25) is 5.91 Å². The van der Waals surface area contributed by atoms with E-state index in [4.69, 9.17) is 4.74 Å². The average Bonchev–Trinajstić information content (AvgIpc) is 3.15. The van der Waals surface area contributed by atoms with Crippen LogP contribution in [0.4, 0.5) is 11.4 Å². The molecule has 0 saturated carbocycles. The van der Waals surface area contributed by atoms with Gasteiger partial charge < -0.3 is 19.9 Å². The smallest absolute Gasteiger partial charge is 0.230 e. The van der Waals surface area contributed by atoms with Crippen LogP contribution in [-0.2, 0) is 21.6 Å². The van der Waals surface area contributed by atoms with E-state index in [1.54, 1.807) is 7.11 Å². The minimum atomic E-state index is -0.330. The first-order chi connectivity index (χ1) is 14.5. The molecule has 2 heterocycles. The van der Waals surface area contributed by atoms with E-state index in [2.05, 4.69) is 60.5 Å². The van der Waals surface area contributed by atoms with E-state index >= 15 is 0 Å². The van der Waals surface area contributed by atoms with Gasteiger partial charge in [-0.05, 0) is 56.0 Å². The molecule has 30 heavy (non-hydrogen) atoms. The van der Waals surface area contributed by atoms with Crippen LogP contribution in [-0.4, -0.2) is 45.7 Å². The molecular weight excluding hydrogens is 374 g/mol. The summed E-state index contributed by atoms with van der Waals surface area (Å²) in [5, 5.41) is 3.41. The monoisotopic (exact) mass is 407 g/mol. The maximum atomic E-state index is 13.2. The van der Waals surface area contributed by atoms with Crippen LogP contribution in [0.25, 0.3) is 0 Å². The molecule has 0 bridgehead atoms. The Balaban J connectivity index is 1.47. The Hall–Kier alpha value is -2.37. The highest BCUT2D eigenvalue weighted by molar-refractivity contribution is 5.97. The van der Waals surface area contributed by atoms with Crippen LogP contribution in [0.3, 0.4) is 0 Å². The number of carbonyl (C=O) groups excluding carboxylic acids is 1. The number of ether oxygens (including phenoxy) is 1. The molecular formula is C25H33N3O2. The molecule has 2 aromatic rings. The van der Waals surface area contributed by atoms with Crippen LogP contribution >= 0.6 is 0 Å². The average molecular weight is 408 g/mol. The summed E-state index contributed by atoms with van der Waals surface area (Å²) in [7, 11) is 1.72. The summed E-state index contributed by atoms with van der Waals surface area (Å²) in [6.07, 6.45) is 1.71. The molecule has 0 spiro atoms. The predicted octanol–water partition coefficient (Wildman–Crippen LogP) is 3.57. The Bertz CT molecular complexity index is 872. The molecule has 1 amide bonds. The number of hydrogen-bond donors (Lipinski definition) is 1. The standard InChI is InChI=1S/C25H33N3O2/c1-25(2,30-3)21-8-10-22(11-9-21)28-15-12-20(24(28)29)18-19-6-4-5-7-23(19)27-16-13-26-14-17-27/h4-11,20,26H,12-18H2,1-3H3. The van der Waals surface area contributed by atoms with Crippen molar-refractivity contribution < 1.29 is 9.53 Å². The first-order valence-corrected chi connectivity index (χ1v) is 11.0. The molecule has 1 unspecified atom stereocenters. The van der Waals surface area contributed by atoms with E-state index < -0.39 is 0 Å². The number of piperazine rings is 1. The van der Waals surface area contributed by atoms with Crippen LogP contribution < -0.4 is 15.1 Å². The zero-order chi connectivity index (χ0) is 21.1. The number of rotatable bonds is 6. The van der Waals surface area contributed by atoms with Gasteiger partial charge in [0.05, 0.1) is 5.60 Å². The molecule has 0 aromatic heterocycles. The van der Waals surface area contributed by atoms with Crippen molar-refractivity contribution >= 4 is 17.3 Å². The first kappa shape index (κ1) is 20.9. The minimum absolute atomic E-state index is 0.0455. The molecule has 2 saturated heterocycles. The number of nitrogens with one attached hydrogen (secondary N) is 1. The van der Waals surface area contributed by atoms with Crippen molar-refractivity contribution in [2.45, 2.75) is 32.3 Å². The molecule has 0 radical (unpaired) electrons. The molecule has 0 aliphatic carbocycles. The number of amides is 1. The van der Waals surface area contributed by atoms with Crippen LogP contribution in [0, 0.1) is 5.92 Å². The summed E-state index contributed by atoms with van der Waals surface area (Å²) in [6.45, 7) is 8.95. The van der Waals surface area contributed by atoms with Gasteiger partial charge >= 0.3 is 0 Å². The van der Waals surface area contributed by atoms with Gasteiger partial charge in [-0.15, -0.1) is 0 Å². The fourth-order valence-corrected chi connectivity index (χ4v) is 4.51. The minimum Gasteiger partial charge on any atom is -0.374 e. The van der Waals surface area contributed by atoms with Gasteiger partial charge in [-0.25, -0.2) is 0 Å². The van der Waals surface area contributed by atoms with Gasteiger partial charge in [0.1, 0.15) is 0 Å². The third kappa shape index (κ3) is 4.23. The summed E-state index contributed by atoms with van der Waals surface area (Å²) in [4.78, 5) is 17.6. The van der Waals surface area contributed by atoms with Gasteiger partial charge in [-0.1, -0.05) is 30.3 Å². The Kier molecular flexibility index (Phi) is 6.11. The summed E-state index contributed by atoms with van der Waals surface area (Å²) in [6, 6.07) is 16.8. The summed E-state index contributed by atoms with van der Waals surface area (Å²) in [5.74, 6) is 0.285. The summed E-state index contributed by atoms with van der Waals surface area (Å²) < 4.78 is 5.57. The Labute approximate surface area is 180 Å². The topological polar surface area (TPSA) is 44.8 Å². The third-order valence-corrected chi connectivity index (χ3v) is 6.62. The van der Waals surface area contributed by atoms with Crippen LogP contribution in [0.15, 0.2) is 48.5 Å². The number of nitrogens with zero attached hydrogens (tertiary/aromatic N) is 2. The number of para-hydroxylation sites is 1. The molecule has 5 nitrogen and oxygen atoms in total. The lowest BCUT2D eigenvalue weighted by atomic mass is 9.96. The van der Waals surface area contributed by atoms with Crippen molar-refractivity contribution in [2.24, 2.45) is 5.92 Å². The fraction of sp³-hybridized carbons (Fsp3) is 0.480. The fourth-order valence-electron chi connectivity index (χ4n) is 4.51. The molecule has 2 aliphatic heterocycles. The van der Waals surface area contributed by atoms with Crippen molar-refractivity contribution in [3.63, 3.8) is 0 Å². The number of methoxy groups -OCH3 is 1. The number of carbonyl (C=O) groups is 1. The second-order valence-corrected chi connectivity index (χ2v) is 8.81. The van der Waals surface area contributed by atoms with Crippen molar-refractivity contribution in [1.82, 2.24) is 5.32 Å².